The summed E-state index contributed by atoms with van der Waals surface area (Å²) >= 11 is 1.35. The largest absolute Gasteiger partial charge is 0.268 e. The van der Waals surface area contributed by atoms with Crippen molar-refractivity contribution in [2.75, 3.05) is 6.26 Å². The van der Waals surface area contributed by atoms with E-state index in [-0.39, 0.29) is 11.4 Å². The third kappa shape index (κ3) is 2.39. The first-order valence-electron chi connectivity index (χ1n) is 6.72. The molecule has 2 aromatic heterocycles. The number of thioether (sulfide) groups is 1. The van der Waals surface area contributed by atoms with E-state index in [1.54, 1.807) is 12.1 Å². The van der Waals surface area contributed by atoms with Gasteiger partial charge in [0.2, 0.25) is 0 Å². The van der Waals surface area contributed by atoms with Crippen LogP contribution < -0.4 is 5.56 Å². The topological polar surface area (TPSA) is 47.8 Å². The molecule has 0 aliphatic carbocycles. The predicted molar refractivity (Wildman–Crippen MR) is 86.3 cm³/mol. The maximum atomic E-state index is 13.1. The van der Waals surface area contributed by atoms with E-state index < -0.39 is 0 Å². The van der Waals surface area contributed by atoms with Gasteiger partial charge in [-0.3, -0.25) is 9.36 Å². The smallest absolute Gasteiger partial charge is 0.268 e. The SMILES string of the molecule is CSc1nc2nc(C)cc(C)c2c(=O)n1-c1ccc(F)cc1. The molecule has 0 saturated heterocycles. The Morgan fingerprint density at radius 1 is 1.14 bits per heavy atom. The molecule has 0 atom stereocenters. The average Bonchev–Trinajstić information content (AvgIpc) is 2.47. The van der Waals surface area contributed by atoms with Crippen LogP contribution in [-0.4, -0.2) is 20.8 Å². The van der Waals surface area contributed by atoms with Crippen LogP contribution in [0.1, 0.15) is 11.3 Å². The Morgan fingerprint density at radius 2 is 1.82 bits per heavy atom. The number of aromatic nitrogens is 3. The Hall–Kier alpha value is -2.21. The number of aryl methyl sites for hydroxylation is 2. The van der Waals surface area contributed by atoms with Gasteiger partial charge in [0.05, 0.1) is 11.1 Å². The number of halogens is 1. The van der Waals surface area contributed by atoms with Crippen LogP contribution >= 0.6 is 11.8 Å². The minimum Gasteiger partial charge on any atom is -0.268 e. The van der Waals surface area contributed by atoms with Crippen LogP contribution in [0.3, 0.4) is 0 Å². The number of rotatable bonds is 2. The number of hydrogen-bond acceptors (Lipinski definition) is 4. The number of hydrogen-bond donors (Lipinski definition) is 0. The van der Waals surface area contributed by atoms with Crippen LogP contribution in [0.2, 0.25) is 0 Å². The first-order chi connectivity index (χ1) is 10.5. The van der Waals surface area contributed by atoms with Gasteiger partial charge in [-0.05, 0) is 56.0 Å². The predicted octanol–water partition coefficient (Wildman–Crippen LogP) is 3.26. The molecule has 2 heterocycles. The van der Waals surface area contributed by atoms with E-state index in [4.69, 9.17) is 0 Å². The molecule has 0 aliphatic heterocycles. The minimum absolute atomic E-state index is 0.189. The van der Waals surface area contributed by atoms with Gasteiger partial charge in [-0.15, -0.1) is 0 Å². The molecule has 0 N–H and O–H groups in total. The Balaban J connectivity index is 2.41. The fourth-order valence-corrected chi connectivity index (χ4v) is 3.00. The van der Waals surface area contributed by atoms with E-state index in [0.29, 0.717) is 21.9 Å². The number of nitrogens with zero attached hydrogens (tertiary/aromatic N) is 3. The standard InChI is InChI=1S/C16H14FN3OS/c1-9-8-10(2)18-14-13(9)15(21)20(16(19-14)22-3)12-6-4-11(17)5-7-12/h4-8H,1-3H3. The van der Waals surface area contributed by atoms with E-state index in [2.05, 4.69) is 9.97 Å². The van der Waals surface area contributed by atoms with Gasteiger partial charge >= 0.3 is 0 Å². The van der Waals surface area contributed by atoms with Gasteiger partial charge in [-0.2, -0.15) is 0 Å². The molecular formula is C16H14FN3OS. The third-order valence-corrected chi connectivity index (χ3v) is 4.04. The first-order valence-corrected chi connectivity index (χ1v) is 7.94. The fraction of sp³-hybridized carbons (Fsp3) is 0.188. The van der Waals surface area contributed by atoms with E-state index in [1.165, 1.54) is 28.5 Å². The van der Waals surface area contributed by atoms with Crippen molar-refractivity contribution in [1.29, 1.82) is 0 Å². The lowest BCUT2D eigenvalue weighted by atomic mass is 10.2. The summed E-state index contributed by atoms with van der Waals surface area (Å²) in [4.78, 5) is 21.8. The highest BCUT2D eigenvalue weighted by molar-refractivity contribution is 7.98. The first kappa shape index (κ1) is 14.7. The lowest BCUT2D eigenvalue weighted by Crippen LogP contribution is -2.23. The lowest BCUT2D eigenvalue weighted by molar-refractivity contribution is 0.627. The highest BCUT2D eigenvalue weighted by Crippen LogP contribution is 2.20. The molecule has 3 aromatic rings. The van der Waals surface area contributed by atoms with Crippen molar-refractivity contribution in [3.8, 4) is 5.69 Å². The van der Waals surface area contributed by atoms with E-state index in [1.807, 2.05) is 26.2 Å². The molecule has 0 amide bonds. The van der Waals surface area contributed by atoms with Gasteiger partial charge < -0.3 is 0 Å². The third-order valence-electron chi connectivity index (χ3n) is 3.40. The molecule has 0 radical (unpaired) electrons. The molecule has 0 bridgehead atoms. The minimum atomic E-state index is -0.343. The van der Waals surface area contributed by atoms with Gasteiger partial charge in [-0.1, -0.05) is 11.8 Å². The van der Waals surface area contributed by atoms with E-state index in [9.17, 15) is 9.18 Å². The lowest BCUT2D eigenvalue weighted by Gasteiger charge is -2.12. The van der Waals surface area contributed by atoms with Crippen LogP contribution in [0.5, 0.6) is 0 Å². The summed E-state index contributed by atoms with van der Waals surface area (Å²) in [5.41, 5.74) is 2.51. The Labute approximate surface area is 131 Å². The monoisotopic (exact) mass is 315 g/mol. The van der Waals surface area contributed by atoms with Gasteiger partial charge in [0.25, 0.3) is 5.56 Å². The van der Waals surface area contributed by atoms with Crippen molar-refractivity contribution in [3.05, 3.63) is 57.8 Å². The number of fused-ring (bicyclic) bond motifs is 1. The van der Waals surface area contributed by atoms with Gasteiger partial charge in [0, 0.05) is 5.69 Å². The zero-order valence-corrected chi connectivity index (χ0v) is 13.2. The van der Waals surface area contributed by atoms with Crippen molar-refractivity contribution in [3.63, 3.8) is 0 Å². The second kappa shape index (κ2) is 5.53. The van der Waals surface area contributed by atoms with Gasteiger partial charge in [0.1, 0.15) is 5.82 Å². The molecule has 1 aromatic carbocycles. The van der Waals surface area contributed by atoms with Crippen LogP contribution in [0, 0.1) is 19.7 Å². The molecule has 0 saturated carbocycles. The van der Waals surface area contributed by atoms with Crippen LogP contribution in [0.15, 0.2) is 40.3 Å². The quantitative estimate of drug-likeness (QED) is 0.538. The van der Waals surface area contributed by atoms with Crippen molar-refractivity contribution in [2.24, 2.45) is 0 Å². The number of pyridine rings is 1. The second-order valence-corrected chi connectivity index (χ2v) is 5.77. The summed E-state index contributed by atoms with van der Waals surface area (Å²) in [6.07, 6.45) is 1.84. The summed E-state index contributed by atoms with van der Waals surface area (Å²) < 4.78 is 14.6. The molecule has 0 unspecified atom stereocenters. The van der Waals surface area contributed by atoms with Crippen molar-refractivity contribution < 1.29 is 4.39 Å². The molecule has 22 heavy (non-hydrogen) atoms. The van der Waals surface area contributed by atoms with Crippen LogP contribution in [0.25, 0.3) is 16.7 Å². The van der Waals surface area contributed by atoms with Crippen molar-refractivity contribution in [2.45, 2.75) is 19.0 Å². The second-order valence-electron chi connectivity index (χ2n) is 4.99. The summed E-state index contributed by atoms with van der Waals surface area (Å²) in [6.45, 7) is 3.74. The Bertz CT molecular complexity index is 919. The van der Waals surface area contributed by atoms with Gasteiger partial charge in [0.15, 0.2) is 10.8 Å². The summed E-state index contributed by atoms with van der Waals surface area (Å²) in [6, 6.07) is 7.66. The summed E-state index contributed by atoms with van der Waals surface area (Å²) in [7, 11) is 0. The fourth-order valence-electron chi connectivity index (χ4n) is 2.46. The normalized spacial score (nSPS) is 11.1. The highest BCUT2D eigenvalue weighted by atomic mass is 32.2. The average molecular weight is 315 g/mol. The molecule has 112 valence electrons. The van der Waals surface area contributed by atoms with Crippen LogP contribution in [-0.2, 0) is 0 Å². The summed E-state index contributed by atoms with van der Waals surface area (Å²) in [5.74, 6) is -0.343. The van der Waals surface area contributed by atoms with Crippen molar-refractivity contribution >= 4 is 22.8 Å². The van der Waals surface area contributed by atoms with E-state index >= 15 is 0 Å². The molecule has 4 nitrogen and oxygen atoms in total. The molecule has 0 spiro atoms. The molecule has 6 heteroatoms. The van der Waals surface area contributed by atoms with Gasteiger partial charge in [-0.25, -0.2) is 14.4 Å². The highest BCUT2D eigenvalue weighted by Gasteiger charge is 2.15. The summed E-state index contributed by atoms with van der Waals surface area (Å²) in [5, 5.41) is 1.02. The maximum Gasteiger partial charge on any atom is 0.268 e. The molecular weight excluding hydrogens is 301 g/mol. The molecule has 3 rings (SSSR count). The molecule has 0 aliphatic rings. The number of benzene rings is 1. The van der Waals surface area contributed by atoms with Crippen LogP contribution in [0.4, 0.5) is 4.39 Å². The molecule has 0 fully saturated rings. The van der Waals surface area contributed by atoms with Crippen molar-refractivity contribution in [1.82, 2.24) is 14.5 Å². The Kier molecular flexibility index (Phi) is 3.70. The Morgan fingerprint density at radius 3 is 2.45 bits per heavy atom. The zero-order chi connectivity index (χ0) is 15.9. The van der Waals surface area contributed by atoms with E-state index in [0.717, 1.165) is 11.3 Å². The zero-order valence-electron chi connectivity index (χ0n) is 12.4. The maximum absolute atomic E-state index is 13.1.